The van der Waals surface area contributed by atoms with Gasteiger partial charge in [0.2, 0.25) is 5.91 Å². The zero-order chi connectivity index (χ0) is 12.1. The van der Waals surface area contributed by atoms with E-state index in [-0.39, 0.29) is 5.91 Å². The van der Waals surface area contributed by atoms with Crippen LogP contribution in [0, 0.1) is 0 Å². The molecule has 0 fully saturated rings. The Kier molecular flexibility index (Phi) is 3.90. The maximum Gasteiger partial charge on any atom is 0.243 e. The van der Waals surface area contributed by atoms with Crippen LogP contribution in [-0.4, -0.2) is 27.2 Å². The summed E-state index contributed by atoms with van der Waals surface area (Å²) >= 11 is 0. The summed E-state index contributed by atoms with van der Waals surface area (Å²) in [6.45, 7) is 5.01. The third-order valence-corrected chi connectivity index (χ3v) is 3.02. The lowest BCUT2D eigenvalue weighted by atomic mass is 10.2. The van der Waals surface area contributed by atoms with Crippen molar-refractivity contribution in [2.75, 3.05) is 6.54 Å². The van der Waals surface area contributed by atoms with Crippen LogP contribution < -0.4 is 5.32 Å². The third-order valence-electron chi connectivity index (χ3n) is 3.02. The summed E-state index contributed by atoms with van der Waals surface area (Å²) in [4.78, 5) is 11.0. The maximum atomic E-state index is 11.0. The number of amides is 1. The van der Waals surface area contributed by atoms with Crippen molar-refractivity contribution < 1.29 is 4.79 Å². The molecule has 1 amide bonds. The van der Waals surface area contributed by atoms with E-state index < -0.39 is 0 Å². The molecule has 5 heteroatoms. The van der Waals surface area contributed by atoms with Gasteiger partial charge in [0.15, 0.2) is 0 Å². The lowest BCUT2D eigenvalue weighted by molar-refractivity contribution is -0.116. The molecule has 5 nitrogen and oxygen atoms in total. The molecule has 1 aromatic rings. The Hall–Kier alpha value is -1.65. The van der Waals surface area contributed by atoms with E-state index in [0.717, 1.165) is 31.0 Å². The van der Waals surface area contributed by atoms with Crippen LogP contribution in [0.25, 0.3) is 0 Å². The van der Waals surface area contributed by atoms with Crippen LogP contribution >= 0.6 is 0 Å². The van der Waals surface area contributed by atoms with Crippen LogP contribution in [0.1, 0.15) is 30.9 Å². The van der Waals surface area contributed by atoms with E-state index in [1.165, 1.54) is 25.3 Å². The first kappa shape index (κ1) is 11.8. The minimum absolute atomic E-state index is 0.138. The Morgan fingerprint density at radius 2 is 2.29 bits per heavy atom. The molecular weight excluding hydrogens is 216 g/mol. The second-order valence-electron chi connectivity index (χ2n) is 4.24. The fourth-order valence-corrected chi connectivity index (χ4v) is 2.10. The highest BCUT2D eigenvalue weighted by molar-refractivity contribution is 5.86. The first-order valence-corrected chi connectivity index (χ1v) is 6.12. The molecule has 0 radical (unpaired) electrons. The molecule has 2 heterocycles. The summed E-state index contributed by atoms with van der Waals surface area (Å²) in [5.41, 5.74) is 0. The molecule has 0 bridgehead atoms. The average molecular weight is 234 g/mol. The van der Waals surface area contributed by atoms with Crippen molar-refractivity contribution in [1.82, 2.24) is 20.1 Å². The lowest BCUT2D eigenvalue weighted by Crippen LogP contribution is -2.24. The third kappa shape index (κ3) is 2.93. The number of hydrogen-bond acceptors (Lipinski definition) is 3. The zero-order valence-electron chi connectivity index (χ0n) is 9.98. The Morgan fingerprint density at radius 1 is 1.41 bits per heavy atom. The van der Waals surface area contributed by atoms with Crippen LogP contribution in [0.15, 0.2) is 12.7 Å². The van der Waals surface area contributed by atoms with Gasteiger partial charge in [-0.15, -0.1) is 10.2 Å². The van der Waals surface area contributed by atoms with Gasteiger partial charge in [-0.25, -0.2) is 0 Å². The van der Waals surface area contributed by atoms with E-state index in [9.17, 15) is 4.79 Å². The SMILES string of the molecule is C=CC(=O)NCCc1nnc2n1CCCCC2. The number of nitrogens with one attached hydrogen (secondary N) is 1. The highest BCUT2D eigenvalue weighted by Crippen LogP contribution is 2.14. The summed E-state index contributed by atoms with van der Waals surface area (Å²) < 4.78 is 2.20. The van der Waals surface area contributed by atoms with Crippen LogP contribution in [0.5, 0.6) is 0 Å². The van der Waals surface area contributed by atoms with Gasteiger partial charge in [0.1, 0.15) is 11.6 Å². The van der Waals surface area contributed by atoms with Crippen LogP contribution in [-0.2, 0) is 24.2 Å². The van der Waals surface area contributed by atoms with E-state index in [1.807, 2.05) is 0 Å². The molecular formula is C12H18N4O. The molecule has 17 heavy (non-hydrogen) atoms. The molecule has 0 aliphatic carbocycles. The largest absolute Gasteiger partial charge is 0.352 e. The Labute approximate surface area is 101 Å². The summed E-state index contributed by atoms with van der Waals surface area (Å²) in [6, 6.07) is 0. The maximum absolute atomic E-state index is 11.0. The number of carbonyl (C=O) groups excluding carboxylic acids is 1. The molecule has 1 aliphatic rings. The standard InChI is InChI=1S/C12H18N4O/c1-2-12(17)13-8-7-11-15-14-10-6-4-3-5-9-16(10)11/h2H,1,3-9H2,(H,13,17). The number of nitrogens with zero attached hydrogens (tertiary/aromatic N) is 3. The normalized spacial score (nSPS) is 14.8. The molecule has 0 saturated heterocycles. The van der Waals surface area contributed by atoms with E-state index >= 15 is 0 Å². The molecule has 0 unspecified atom stereocenters. The molecule has 1 aromatic heterocycles. The van der Waals surface area contributed by atoms with Gasteiger partial charge in [-0.05, 0) is 18.9 Å². The smallest absolute Gasteiger partial charge is 0.243 e. The minimum Gasteiger partial charge on any atom is -0.352 e. The number of hydrogen-bond donors (Lipinski definition) is 1. The molecule has 0 atom stereocenters. The molecule has 0 aromatic carbocycles. The molecule has 1 aliphatic heterocycles. The van der Waals surface area contributed by atoms with Crippen molar-refractivity contribution >= 4 is 5.91 Å². The summed E-state index contributed by atoms with van der Waals surface area (Å²) in [5, 5.41) is 11.2. The Balaban J connectivity index is 1.94. The van der Waals surface area contributed by atoms with Gasteiger partial charge >= 0.3 is 0 Å². The van der Waals surface area contributed by atoms with Crippen molar-refractivity contribution in [3.8, 4) is 0 Å². The lowest BCUT2D eigenvalue weighted by Gasteiger charge is -2.06. The second kappa shape index (κ2) is 5.61. The molecule has 2 rings (SSSR count). The van der Waals surface area contributed by atoms with E-state index in [2.05, 4.69) is 26.7 Å². The first-order valence-electron chi connectivity index (χ1n) is 6.12. The summed E-state index contributed by atoms with van der Waals surface area (Å²) in [7, 11) is 0. The van der Waals surface area contributed by atoms with Crippen molar-refractivity contribution in [1.29, 1.82) is 0 Å². The number of aromatic nitrogens is 3. The van der Waals surface area contributed by atoms with E-state index in [4.69, 9.17) is 0 Å². The van der Waals surface area contributed by atoms with Gasteiger partial charge in [-0.3, -0.25) is 4.79 Å². The Bertz CT molecular complexity index is 411. The van der Waals surface area contributed by atoms with Crippen LogP contribution in [0.4, 0.5) is 0 Å². The summed E-state index contributed by atoms with van der Waals surface area (Å²) in [6.07, 6.45) is 6.68. The van der Waals surface area contributed by atoms with Gasteiger partial charge in [0, 0.05) is 25.9 Å². The van der Waals surface area contributed by atoms with Crippen molar-refractivity contribution in [3.05, 3.63) is 24.3 Å². The predicted octanol–water partition coefficient (Wildman–Crippen LogP) is 0.849. The van der Waals surface area contributed by atoms with Crippen LogP contribution in [0.2, 0.25) is 0 Å². The van der Waals surface area contributed by atoms with Gasteiger partial charge in [-0.2, -0.15) is 0 Å². The number of rotatable bonds is 4. The van der Waals surface area contributed by atoms with Crippen molar-refractivity contribution in [2.45, 2.75) is 38.6 Å². The summed E-state index contributed by atoms with van der Waals surface area (Å²) in [5.74, 6) is 1.93. The molecule has 92 valence electrons. The highest BCUT2D eigenvalue weighted by Gasteiger charge is 2.14. The van der Waals surface area contributed by atoms with Gasteiger partial charge in [0.25, 0.3) is 0 Å². The average Bonchev–Trinajstić information content (AvgIpc) is 2.59. The fourth-order valence-electron chi connectivity index (χ4n) is 2.10. The number of aryl methyl sites for hydroxylation is 1. The zero-order valence-corrected chi connectivity index (χ0v) is 9.98. The van der Waals surface area contributed by atoms with Gasteiger partial charge < -0.3 is 9.88 Å². The Morgan fingerprint density at radius 3 is 3.12 bits per heavy atom. The quantitative estimate of drug-likeness (QED) is 0.786. The van der Waals surface area contributed by atoms with Crippen LogP contribution in [0.3, 0.4) is 0 Å². The van der Waals surface area contributed by atoms with Gasteiger partial charge in [0.05, 0.1) is 0 Å². The first-order chi connectivity index (χ1) is 8.31. The molecule has 0 spiro atoms. The van der Waals surface area contributed by atoms with Gasteiger partial charge in [-0.1, -0.05) is 13.0 Å². The van der Waals surface area contributed by atoms with Crippen molar-refractivity contribution in [3.63, 3.8) is 0 Å². The topological polar surface area (TPSA) is 59.8 Å². The minimum atomic E-state index is -0.138. The van der Waals surface area contributed by atoms with Crippen molar-refractivity contribution in [2.24, 2.45) is 0 Å². The van der Waals surface area contributed by atoms with E-state index in [1.54, 1.807) is 0 Å². The number of carbonyl (C=O) groups is 1. The molecule has 0 saturated carbocycles. The van der Waals surface area contributed by atoms with E-state index in [0.29, 0.717) is 6.54 Å². The monoisotopic (exact) mass is 234 g/mol. The second-order valence-corrected chi connectivity index (χ2v) is 4.24. The number of fused-ring (bicyclic) bond motifs is 1. The fraction of sp³-hybridized carbons (Fsp3) is 0.583. The highest BCUT2D eigenvalue weighted by atomic mass is 16.1. The molecule has 1 N–H and O–H groups in total. The predicted molar refractivity (Wildman–Crippen MR) is 64.5 cm³/mol.